The van der Waals surface area contributed by atoms with Gasteiger partial charge in [0.2, 0.25) is 0 Å². The van der Waals surface area contributed by atoms with Gasteiger partial charge < -0.3 is 4.74 Å². The van der Waals surface area contributed by atoms with Crippen molar-refractivity contribution in [2.75, 3.05) is 13.4 Å². The van der Waals surface area contributed by atoms with Crippen molar-refractivity contribution in [2.24, 2.45) is 0 Å². The third-order valence-corrected chi connectivity index (χ3v) is 3.89. The van der Waals surface area contributed by atoms with Gasteiger partial charge >= 0.3 is 0 Å². The summed E-state index contributed by atoms with van der Waals surface area (Å²) in [6.45, 7) is 0. The van der Waals surface area contributed by atoms with Crippen LogP contribution in [-0.4, -0.2) is 13.4 Å². The fraction of sp³-hybridized carbons (Fsp3) is 0.176. The smallest absolute Gasteiger partial charge is 0.139 e. The fourth-order valence-corrected chi connectivity index (χ4v) is 2.44. The molecule has 1 aromatic carbocycles. The van der Waals surface area contributed by atoms with Gasteiger partial charge in [0.25, 0.3) is 0 Å². The van der Waals surface area contributed by atoms with E-state index in [9.17, 15) is 10.5 Å². The number of hydrogen-bond donors (Lipinski definition) is 0. The molecule has 0 aliphatic carbocycles. The number of nitrogens with zero attached hydrogens (tertiary/aromatic N) is 4. The molecular weight excluding hydrogens is 308 g/mol. The van der Waals surface area contributed by atoms with Gasteiger partial charge in [0, 0.05) is 11.3 Å². The van der Waals surface area contributed by atoms with E-state index in [1.165, 1.54) is 11.8 Å². The van der Waals surface area contributed by atoms with Crippen molar-refractivity contribution in [1.29, 1.82) is 21.0 Å². The van der Waals surface area contributed by atoms with Crippen LogP contribution in [0.4, 0.5) is 0 Å². The molecule has 6 heteroatoms. The zero-order valence-electron chi connectivity index (χ0n) is 12.6. The van der Waals surface area contributed by atoms with Crippen molar-refractivity contribution in [3.05, 3.63) is 45.9 Å². The van der Waals surface area contributed by atoms with Crippen LogP contribution in [0, 0.1) is 45.3 Å². The predicted octanol–water partition coefficient (Wildman–Crippen LogP) is 3.55. The van der Waals surface area contributed by atoms with E-state index in [0.29, 0.717) is 21.8 Å². The molecule has 0 N–H and O–H groups in total. The Hall–Kier alpha value is -3.19. The molecule has 0 saturated carbocycles. The Morgan fingerprint density at radius 3 is 1.87 bits per heavy atom. The Bertz CT molecular complexity index is 777. The Morgan fingerprint density at radius 2 is 1.48 bits per heavy atom. The summed E-state index contributed by atoms with van der Waals surface area (Å²) in [5.74, 6) is 0.652. The summed E-state index contributed by atoms with van der Waals surface area (Å²) >= 11 is 1.25. The molecule has 0 fully saturated rings. The van der Waals surface area contributed by atoms with Gasteiger partial charge in [0.1, 0.15) is 41.2 Å². The number of rotatable bonds is 5. The summed E-state index contributed by atoms with van der Waals surface area (Å²) in [6, 6.07) is 14.3. The number of ether oxygens (including phenoxy) is 1. The van der Waals surface area contributed by atoms with E-state index in [0.717, 1.165) is 0 Å². The lowest BCUT2D eigenvalue weighted by Gasteiger charge is -2.11. The number of thioether (sulfide) groups is 1. The molecule has 0 amide bonds. The highest BCUT2D eigenvalue weighted by molar-refractivity contribution is 8.02. The molecule has 5 nitrogen and oxygen atoms in total. The maximum Gasteiger partial charge on any atom is 0.139 e. The lowest BCUT2D eigenvalue weighted by Crippen LogP contribution is -1.94. The quantitative estimate of drug-likeness (QED) is 0.768. The predicted molar refractivity (Wildman–Crippen MR) is 87.5 cm³/mol. The minimum atomic E-state index is -0.0445. The van der Waals surface area contributed by atoms with Crippen molar-refractivity contribution in [3.8, 4) is 30.0 Å². The molecule has 0 aliphatic heterocycles. The lowest BCUT2D eigenvalue weighted by molar-refractivity contribution is 0.415. The van der Waals surface area contributed by atoms with Gasteiger partial charge in [0.15, 0.2) is 0 Å². The molecule has 0 radical (unpaired) electrons. The molecule has 0 spiro atoms. The van der Waals surface area contributed by atoms with E-state index in [2.05, 4.69) is 0 Å². The molecule has 23 heavy (non-hydrogen) atoms. The van der Waals surface area contributed by atoms with Gasteiger partial charge in [-0.15, -0.1) is 11.8 Å². The first kappa shape index (κ1) is 17.9. The second kappa shape index (κ2) is 8.96. The van der Waals surface area contributed by atoms with Gasteiger partial charge in [-0.3, -0.25) is 0 Å². The van der Waals surface area contributed by atoms with E-state index in [1.54, 1.807) is 37.6 Å². The molecular formula is C17H12N4OS. The number of hydrogen-bond acceptors (Lipinski definition) is 6. The average Bonchev–Trinajstić information content (AvgIpc) is 2.61. The molecule has 0 aromatic heterocycles. The summed E-state index contributed by atoms with van der Waals surface area (Å²) in [6.07, 6.45) is 1.91. The minimum Gasteiger partial charge on any atom is -0.497 e. The minimum absolute atomic E-state index is 0.0151. The molecule has 0 heterocycles. The van der Waals surface area contributed by atoms with E-state index in [4.69, 9.17) is 15.3 Å². The van der Waals surface area contributed by atoms with Gasteiger partial charge in [-0.05, 0) is 29.5 Å². The van der Waals surface area contributed by atoms with Crippen molar-refractivity contribution < 1.29 is 4.74 Å². The summed E-state index contributed by atoms with van der Waals surface area (Å²) in [7, 11) is 1.54. The lowest BCUT2D eigenvalue weighted by atomic mass is 9.96. The SMILES string of the molecule is COc1ccc(C(CC(SC)=C(C#N)C#N)=C(C#N)C#N)cc1. The third-order valence-electron chi connectivity index (χ3n) is 3.05. The Kier molecular flexibility index (Phi) is 6.96. The highest BCUT2D eigenvalue weighted by atomic mass is 32.2. The van der Waals surface area contributed by atoms with E-state index >= 15 is 0 Å². The topological polar surface area (TPSA) is 104 Å². The van der Waals surface area contributed by atoms with Crippen LogP contribution in [0.1, 0.15) is 12.0 Å². The first-order valence-corrected chi connectivity index (χ1v) is 7.62. The van der Waals surface area contributed by atoms with E-state index in [-0.39, 0.29) is 17.6 Å². The van der Waals surface area contributed by atoms with Gasteiger partial charge in [-0.25, -0.2) is 0 Å². The maximum atomic E-state index is 9.19. The molecule has 112 valence electrons. The summed E-state index contributed by atoms with van der Waals surface area (Å²) < 4.78 is 5.09. The van der Waals surface area contributed by atoms with Crippen molar-refractivity contribution in [1.82, 2.24) is 0 Å². The zero-order chi connectivity index (χ0) is 17.2. The highest BCUT2D eigenvalue weighted by Crippen LogP contribution is 2.32. The number of methoxy groups -OCH3 is 1. The molecule has 0 bridgehead atoms. The third kappa shape index (κ3) is 4.39. The second-order valence-electron chi connectivity index (χ2n) is 4.21. The monoisotopic (exact) mass is 320 g/mol. The fourth-order valence-electron chi connectivity index (χ4n) is 1.86. The highest BCUT2D eigenvalue weighted by Gasteiger charge is 2.15. The van der Waals surface area contributed by atoms with Crippen molar-refractivity contribution >= 4 is 17.3 Å². The first-order valence-electron chi connectivity index (χ1n) is 6.40. The standard InChI is InChI=1S/C17H12N4OS/c1-22-15-5-3-12(4-6-15)16(13(8-18)9-19)7-17(23-2)14(10-20)11-21/h3-6H,7H2,1-2H3. The van der Waals surface area contributed by atoms with Gasteiger partial charge in [0.05, 0.1) is 7.11 Å². The zero-order valence-corrected chi connectivity index (χ0v) is 13.4. The molecule has 1 rings (SSSR count). The van der Waals surface area contributed by atoms with E-state index < -0.39 is 0 Å². The number of nitriles is 4. The maximum absolute atomic E-state index is 9.19. The van der Waals surface area contributed by atoms with Crippen LogP contribution < -0.4 is 4.74 Å². The largest absolute Gasteiger partial charge is 0.497 e. The summed E-state index contributed by atoms with van der Waals surface area (Å²) in [5, 5.41) is 36.4. The van der Waals surface area contributed by atoms with Crippen molar-refractivity contribution in [3.63, 3.8) is 0 Å². The molecule has 0 unspecified atom stereocenters. The van der Waals surface area contributed by atoms with Crippen LogP contribution in [0.25, 0.3) is 5.57 Å². The van der Waals surface area contributed by atoms with Gasteiger partial charge in [-0.2, -0.15) is 21.0 Å². The van der Waals surface area contributed by atoms with Crippen LogP contribution >= 0.6 is 11.8 Å². The van der Waals surface area contributed by atoms with Crippen LogP contribution in [0.15, 0.2) is 40.3 Å². The Balaban J connectivity index is 3.46. The Labute approximate surface area is 139 Å². The molecule has 0 atom stereocenters. The van der Waals surface area contributed by atoms with Crippen LogP contribution in [-0.2, 0) is 0 Å². The van der Waals surface area contributed by atoms with Crippen LogP contribution in [0.3, 0.4) is 0 Å². The molecule has 0 aliphatic rings. The molecule has 1 aromatic rings. The normalized spacial score (nSPS) is 8.61. The van der Waals surface area contributed by atoms with Crippen LogP contribution in [0.5, 0.6) is 5.75 Å². The van der Waals surface area contributed by atoms with Crippen LogP contribution in [0.2, 0.25) is 0 Å². The first-order chi connectivity index (χ1) is 11.1. The van der Waals surface area contributed by atoms with E-state index in [1.807, 2.05) is 24.3 Å². The molecule has 0 saturated heterocycles. The number of allylic oxidation sites excluding steroid dienone is 4. The summed E-state index contributed by atoms with van der Waals surface area (Å²) in [4.78, 5) is 0.517. The van der Waals surface area contributed by atoms with Gasteiger partial charge in [-0.1, -0.05) is 12.1 Å². The number of benzene rings is 1. The summed E-state index contributed by atoms with van der Waals surface area (Å²) in [5.41, 5.74) is 1.09. The average molecular weight is 320 g/mol. The second-order valence-corrected chi connectivity index (χ2v) is 5.11. The Morgan fingerprint density at radius 1 is 0.957 bits per heavy atom. The van der Waals surface area contributed by atoms with Crippen molar-refractivity contribution in [2.45, 2.75) is 6.42 Å².